The number of piperidine rings is 1. The summed E-state index contributed by atoms with van der Waals surface area (Å²) in [5.74, 6) is 0.0604. The van der Waals surface area contributed by atoms with Gasteiger partial charge in [0.05, 0.1) is 16.6 Å². The van der Waals surface area contributed by atoms with Gasteiger partial charge in [-0.15, -0.1) is 11.3 Å². The molecule has 1 fully saturated rings. The molecular weight excluding hydrogens is 460 g/mol. The molecule has 0 radical (unpaired) electrons. The van der Waals surface area contributed by atoms with E-state index in [1.807, 2.05) is 13.0 Å². The predicted octanol–water partition coefficient (Wildman–Crippen LogP) is 4.11. The summed E-state index contributed by atoms with van der Waals surface area (Å²) in [4.78, 5) is 16.9. The van der Waals surface area contributed by atoms with Gasteiger partial charge < -0.3 is 9.84 Å². The number of aryl methyl sites for hydroxylation is 2. The number of anilines is 1. The maximum atomic E-state index is 13.2. The summed E-state index contributed by atoms with van der Waals surface area (Å²) in [5.41, 5.74) is 2.10. The minimum Gasteiger partial charge on any atom is -0.339 e. The van der Waals surface area contributed by atoms with E-state index in [1.54, 1.807) is 30.5 Å². The lowest BCUT2D eigenvalue weighted by molar-refractivity contribution is -0.120. The Balaban J connectivity index is 1.48. The van der Waals surface area contributed by atoms with Crippen LogP contribution in [0, 0.1) is 19.8 Å². The van der Waals surface area contributed by atoms with E-state index in [-0.39, 0.29) is 16.7 Å². The number of carbonyl (C=O) groups excluding carboxylic acids is 1. The van der Waals surface area contributed by atoms with Crippen LogP contribution in [0.15, 0.2) is 38.4 Å². The fraction of sp³-hybridized carbons (Fsp3) is 0.350. The number of benzene rings is 1. The topological polar surface area (TPSA) is 105 Å². The third-order valence-corrected chi connectivity index (χ3v) is 8.69. The molecule has 1 saturated heterocycles. The van der Waals surface area contributed by atoms with E-state index in [0.717, 1.165) is 16.9 Å². The van der Waals surface area contributed by atoms with Crippen LogP contribution in [0.4, 0.5) is 5.69 Å². The Labute approximate surface area is 189 Å². The van der Waals surface area contributed by atoms with E-state index in [9.17, 15) is 13.2 Å². The molecule has 1 aliphatic heterocycles. The molecule has 1 atom stereocenters. The van der Waals surface area contributed by atoms with E-state index < -0.39 is 15.9 Å². The van der Waals surface area contributed by atoms with Gasteiger partial charge in [0.15, 0.2) is 0 Å². The monoisotopic (exact) mass is 480 g/mol. The van der Waals surface area contributed by atoms with Gasteiger partial charge in [-0.25, -0.2) is 8.42 Å². The summed E-state index contributed by atoms with van der Waals surface area (Å²) < 4.78 is 32.9. The normalized spacial score (nSPS) is 17.6. The Morgan fingerprint density at radius 3 is 2.84 bits per heavy atom. The zero-order valence-corrected chi connectivity index (χ0v) is 19.4. The zero-order valence-electron chi connectivity index (χ0n) is 17.0. The number of amides is 1. The summed E-state index contributed by atoms with van der Waals surface area (Å²) >= 11 is 7.31. The first-order chi connectivity index (χ1) is 14.7. The van der Waals surface area contributed by atoms with Crippen LogP contribution in [-0.4, -0.2) is 41.9 Å². The van der Waals surface area contributed by atoms with Crippen molar-refractivity contribution in [1.82, 2.24) is 14.4 Å². The summed E-state index contributed by atoms with van der Waals surface area (Å²) in [6.45, 7) is 4.07. The third-order valence-electron chi connectivity index (χ3n) is 5.09. The van der Waals surface area contributed by atoms with Gasteiger partial charge >= 0.3 is 0 Å². The Morgan fingerprint density at radius 2 is 2.13 bits per heavy atom. The van der Waals surface area contributed by atoms with Crippen molar-refractivity contribution in [2.45, 2.75) is 30.9 Å². The second kappa shape index (κ2) is 8.70. The van der Waals surface area contributed by atoms with Crippen molar-refractivity contribution < 1.29 is 17.7 Å². The fourth-order valence-corrected chi connectivity index (χ4v) is 6.56. The lowest BCUT2D eigenvalue weighted by Crippen LogP contribution is -2.43. The van der Waals surface area contributed by atoms with E-state index in [0.29, 0.717) is 47.4 Å². The van der Waals surface area contributed by atoms with Crippen molar-refractivity contribution in [2.24, 2.45) is 5.92 Å². The number of halogens is 1. The Bertz CT molecular complexity index is 1220. The largest absolute Gasteiger partial charge is 0.339 e. The Kier molecular flexibility index (Phi) is 6.16. The Morgan fingerprint density at radius 1 is 1.32 bits per heavy atom. The minimum atomic E-state index is -3.74. The second-order valence-corrected chi connectivity index (χ2v) is 10.9. The van der Waals surface area contributed by atoms with Crippen LogP contribution >= 0.6 is 22.9 Å². The van der Waals surface area contributed by atoms with Gasteiger partial charge in [-0.3, -0.25) is 4.79 Å². The Hall–Kier alpha value is -2.27. The molecule has 1 aromatic carbocycles. The predicted molar refractivity (Wildman–Crippen MR) is 119 cm³/mol. The minimum absolute atomic E-state index is 0.117. The molecule has 2 aromatic heterocycles. The SMILES string of the molecule is Cc1ccc(NC(=O)[C@H]2CCCN(S(=O)(=O)c3cc(-c4noc(C)n4)cs3)C2)c(Cl)c1. The van der Waals surface area contributed by atoms with Gasteiger partial charge in [0.1, 0.15) is 4.21 Å². The standard InChI is InChI=1S/C20H21ClN4O4S2/c1-12-5-6-17(16(21)8-12)23-20(26)14-4-3-7-25(10-14)31(27,28)18-9-15(11-30-18)19-22-13(2)29-24-19/h5-6,8-9,11,14H,3-4,7,10H2,1-2H3,(H,23,26)/t14-/m0/s1. The van der Waals surface area contributed by atoms with Crippen molar-refractivity contribution in [3.8, 4) is 11.4 Å². The number of thiophene rings is 1. The molecule has 1 aliphatic rings. The molecule has 11 heteroatoms. The molecule has 164 valence electrons. The molecule has 0 saturated carbocycles. The van der Waals surface area contributed by atoms with Crippen molar-refractivity contribution >= 4 is 44.6 Å². The van der Waals surface area contributed by atoms with Gasteiger partial charge in [0.2, 0.25) is 17.6 Å². The highest BCUT2D eigenvalue weighted by atomic mass is 35.5. The van der Waals surface area contributed by atoms with Crippen molar-refractivity contribution in [3.63, 3.8) is 0 Å². The van der Waals surface area contributed by atoms with Crippen LogP contribution in [-0.2, 0) is 14.8 Å². The lowest BCUT2D eigenvalue weighted by Gasteiger charge is -2.30. The number of hydrogen-bond donors (Lipinski definition) is 1. The van der Waals surface area contributed by atoms with Crippen LogP contribution in [0.3, 0.4) is 0 Å². The summed E-state index contributed by atoms with van der Waals surface area (Å²) in [7, 11) is -3.74. The van der Waals surface area contributed by atoms with Gasteiger partial charge in [0.25, 0.3) is 10.0 Å². The summed E-state index contributed by atoms with van der Waals surface area (Å²) in [6.07, 6.45) is 1.21. The smallest absolute Gasteiger partial charge is 0.252 e. The highest BCUT2D eigenvalue weighted by molar-refractivity contribution is 7.91. The number of carbonyl (C=O) groups is 1. The number of rotatable bonds is 5. The van der Waals surface area contributed by atoms with Crippen LogP contribution < -0.4 is 5.32 Å². The molecule has 1 N–H and O–H groups in total. The molecule has 3 heterocycles. The van der Waals surface area contributed by atoms with Crippen LogP contribution in [0.1, 0.15) is 24.3 Å². The maximum Gasteiger partial charge on any atom is 0.252 e. The highest BCUT2D eigenvalue weighted by Crippen LogP contribution is 2.32. The number of nitrogens with one attached hydrogen (secondary N) is 1. The number of nitrogens with zero attached hydrogens (tertiary/aromatic N) is 3. The molecule has 0 unspecified atom stereocenters. The second-order valence-electron chi connectivity index (χ2n) is 7.47. The third kappa shape index (κ3) is 4.67. The summed E-state index contributed by atoms with van der Waals surface area (Å²) in [5, 5.41) is 8.80. The van der Waals surface area contributed by atoms with Crippen LogP contribution in [0.5, 0.6) is 0 Å². The zero-order chi connectivity index (χ0) is 22.2. The molecule has 1 amide bonds. The molecule has 0 spiro atoms. The maximum absolute atomic E-state index is 13.2. The molecule has 4 rings (SSSR count). The number of sulfonamides is 1. The first-order valence-electron chi connectivity index (χ1n) is 9.70. The number of hydrogen-bond acceptors (Lipinski definition) is 7. The van der Waals surface area contributed by atoms with E-state index in [2.05, 4.69) is 15.5 Å². The van der Waals surface area contributed by atoms with Crippen molar-refractivity contribution in [1.29, 1.82) is 0 Å². The highest BCUT2D eigenvalue weighted by Gasteiger charge is 2.34. The van der Waals surface area contributed by atoms with Gasteiger partial charge in [-0.1, -0.05) is 22.8 Å². The molecule has 31 heavy (non-hydrogen) atoms. The molecular formula is C20H21ClN4O4S2. The van der Waals surface area contributed by atoms with Gasteiger partial charge in [-0.2, -0.15) is 9.29 Å². The average Bonchev–Trinajstić information content (AvgIpc) is 3.39. The van der Waals surface area contributed by atoms with Gasteiger partial charge in [-0.05, 0) is 43.5 Å². The molecule has 3 aromatic rings. The average molecular weight is 481 g/mol. The van der Waals surface area contributed by atoms with Crippen molar-refractivity contribution in [2.75, 3.05) is 18.4 Å². The molecule has 8 nitrogen and oxygen atoms in total. The van der Waals surface area contributed by atoms with E-state index in [4.69, 9.17) is 16.1 Å². The quantitative estimate of drug-likeness (QED) is 0.589. The van der Waals surface area contributed by atoms with Gasteiger partial charge in [0, 0.05) is 31.0 Å². The van der Waals surface area contributed by atoms with Crippen LogP contribution in [0.25, 0.3) is 11.4 Å². The summed E-state index contributed by atoms with van der Waals surface area (Å²) in [6, 6.07) is 6.92. The van der Waals surface area contributed by atoms with E-state index >= 15 is 0 Å². The lowest BCUT2D eigenvalue weighted by atomic mass is 9.98. The first-order valence-corrected chi connectivity index (χ1v) is 12.4. The first kappa shape index (κ1) is 21.9. The number of aromatic nitrogens is 2. The fourth-order valence-electron chi connectivity index (χ4n) is 3.44. The molecule has 0 aliphatic carbocycles. The van der Waals surface area contributed by atoms with Crippen LogP contribution in [0.2, 0.25) is 5.02 Å². The molecule has 0 bridgehead atoms. The van der Waals surface area contributed by atoms with Crippen molar-refractivity contribution in [3.05, 3.63) is 46.1 Å². The van der Waals surface area contributed by atoms with E-state index in [1.165, 1.54) is 4.31 Å².